The summed E-state index contributed by atoms with van der Waals surface area (Å²) < 4.78 is 23.0. The third-order valence-electron chi connectivity index (χ3n) is 3.37. The molecule has 25 heavy (non-hydrogen) atoms. The molecule has 0 saturated carbocycles. The van der Waals surface area contributed by atoms with Gasteiger partial charge in [-0.05, 0) is 17.7 Å². The molecule has 0 bridgehead atoms. The van der Waals surface area contributed by atoms with E-state index in [1.807, 2.05) is 30.3 Å². The first-order valence-corrected chi connectivity index (χ1v) is 9.19. The molecule has 2 N–H and O–H groups in total. The first-order chi connectivity index (χ1) is 11.8. The highest BCUT2D eigenvalue weighted by atomic mass is 32.2. The van der Waals surface area contributed by atoms with Gasteiger partial charge in [-0.15, -0.1) is 0 Å². The number of nitro benzene ring substituents is 1. The van der Waals surface area contributed by atoms with Gasteiger partial charge in [0.2, 0.25) is 5.91 Å². The van der Waals surface area contributed by atoms with Crippen molar-refractivity contribution in [3.05, 3.63) is 64.2 Å². The third-order valence-corrected chi connectivity index (χ3v) is 4.48. The number of sulfone groups is 1. The van der Waals surface area contributed by atoms with Crippen LogP contribution in [0.5, 0.6) is 0 Å². The van der Waals surface area contributed by atoms with Crippen molar-refractivity contribution in [1.29, 1.82) is 0 Å². The lowest BCUT2D eigenvalue weighted by molar-refractivity contribution is -0.384. The van der Waals surface area contributed by atoms with Gasteiger partial charge in [0.15, 0.2) is 9.84 Å². The lowest BCUT2D eigenvalue weighted by Gasteiger charge is -2.09. The molecular formula is C16H17N3O5S. The number of carbonyl (C=O) groups is 1. The minimum atomic E-state index is -3.56. The normalized spacial score (nSPS) is 10.9. The van der Waals surface area contributed by atoms with Crippen molar-refractivity contribution in [2.75, 3.05) is 18.1 Å². The van der Waals surface area contributed by atoms with Gasteiger partial charge in [0, 0.05) is 18.9 Å². The van der Waals surface area contributed by atoms with Gasteiger partial charge < -0.3 is 10.6 Å². The predicted octanol–water partition coefficient (Wildman–Crippen LogP) is 1.73. The van der Waals surface area contributed by atoms with E-state index >= 15 is 0 Å². The summed E-state index contributed by atoms with van der Waals surface area (Å²) >= 11 is 0. The van der Waals surface area contributed by atoms with Crippen molar-refractivity contribution in [3.8, 4) is 0 Å². The van der Waals surface area contributed by atoms with Crippen LogP contribution in [0.3, 0.4) is 0 Å². The number of nitro groups is 1. The average Bonchev–Trinajstić information content (AvgIpc) is 2.58. The Morgan fingerprint density at radius 1 is 1.16 bits per heavy atom. The maximum absolute atomic E-state index is 11.9. The zero-order valence-electron chi connectivity index (χ0n) is 13.4. The molecule has 0 heterocycles. The molecule has 0 aliphatic carbocycles. The summed E-state index contributed by atoms with van der Waals surface area (Å²) in [5.74, 6) is -0.342. The maximum atomic E-state index is 11.9. The van der Waals surface area contributed by atoms with Crippen molar-refractivity contribution in [2.24, 2.45) is 0 Å². The molecule has 0 radical (unpaired) electrons. The van der Waals surface area contributed by atoms with Gasteiger partial charge in [0.1, 0.15) is 5.69 Å². The van der Waals surface area contributed by atoms with Crippen molar-refractivity contribution < 1.29 is 18.1 Å². The zero-order chi connectivity index (χ0) is 18.4. The molecule has 0 fully saturated rings. The Morgan fingerprint density at radius 2 is 1.84 bits per heavy atom. The molecular weight excluding hydrogens is 346 g/mol. The molecule has 2 aromatic carbocycles. The molecule has 9 heteroatoms. The monoisotopic (exact) mass is 363 g/mol. The third kappa shape index (κ3) is 5.28. The molecule has 1 amide bonds. The van der Waals surface area contributed by atoms with Crippen LogP contribution >= 0.6 is 0 Å². The molecule has 0 aliphatic rings. The van der Waals surface area contributed by atoms with Gasteiger partial charge in [-0.3, -0.25) is 14.9 Å². The number of amides is 1. The van der Waals surface area contributed by atoms with Crippen LogP contribution in [0.25, 0.3) is 0 Å². The van der Waals surface area contributed by atoms with Crippen LogP contribution in [-0.2, 0) is 21.2 Å². The van der Waals surface area contributed by atoms with Gasteiger partial charge >= 0.3 is 0 Å². The van der Waals surface area contributed by atoms with Crippen LogP contribution in [0.15, 0.2) is 53.4 Å². The van der Waals surface area contributed by atoms with E-state index in [9.17, 15) is 23.3 Å². The van der Waals surface area contributed by atoms with Crippen molar-refractivity contribution in [1.82, 2.24) is 5.32 Å². The van der Waals surface area contributed by atoms with Crippen LogP contribution in [-0.4, -0.2) is 32.0 Å². The number of benzene rings is 2. The fourth-order valence-corrected chi connectivity index (χ4v) is 2.72. The number of rotatable bonds is 7. The number of hydrogen-bond donors (Lipinski definition) is 2. The molecule has 2 rings (SSSR count). The van der Waals surface area contributed by atoms with Gasteiger partial charge in [0.25, 0.3) is 5.69 Å². The minimum Gasteiger partial charge on any atom is -0.371 e. The number of hydrogen-bond acceptors (Lipinski definition) is 6. The van der Waals surface area contributed by atoms with Crippen molar-refractivity contribution >= 4 is 27.1 Å². The first kappa shape index (κ1) is 18.4. The van der Waals surface area contributed by atoms with Gasteiger partial charge in [0.05, 0.1) is 16.4 Å². The number of carbonyl (C=O) groups excluding carboxylic acids is 1. The zero-order valence-corrected chi connectivity index (χ0v) is 14.2. The minimum absolute atomic E-state index is 0.0762. The van der Waals surface area contributed by atoms with E-state index in [1.165, 1.54) is 12.1 Å². The SMILES string of the molecule is CS(=O)(=O)c1ccc(NCC(=O)NCc2ccccc2)c([N+](=O)[O-])c1. The van der Waals surface area contributed by atoms with Crippen LogP contribution < -0.4 is 10.6 Å². The van der Waals surface area contributed by atoms with E-state index in [-0.39, 0.29) is 23.0 Å². The topological polar surface area (TPSA) is 118 Å². The molecule has 0 atom stereocenters. The molecule has 8 nitrogen and oxygen atoms in total. The highest BCUT2D eigenvalue weighted by Gasteiger charge is 2.19. The average molecular weight is 363 g/mol. The Kier molecular flexibility index (Phi) is 5.71. The fourth-order valence-electron chi connectivity index (χ4n) is 2.08. The van der Waals surface area contributed by atoms with E-state index in [1.54, 1.807) is 0 Å². The predicted molar refractivity (Wildman–Crippen MR) is 93.0 cm³/mol. The Balaban J connectivity index is 2.02. The quantitative estimate of drug-likeness (QED) is 0.571. The maximum Gasteiger partial charge on any atom is 0.293 e. The second-order valence-electron chi connectivity index (χ2n) is 5.32. The fraction of sp³-hybridized carbons (Fsp3) is 0.188. The standard InChI is InChI=1S/C16H17N3O5S/c1-25(23,24)13-7-8-14(15(9-13)19(21)22)17-11-16(20)18-10-12-5-3-2-4-6-12/h2-9,17H,10-11H2,1H3,(H,18,20). The van der Waals surface area contributed by atoms with Crippen LogP contribution in [0, 0.1) is 10.1 Å². The van der Waals surface area contributed by atoms with Gasteiger partial charge in [-0.25, -0.2) is 8.42 Å². The summed E-state index contributed by atoms with van der Waals surface area (Å²) in [6.07, 6.45) is 0.968. The molecule has 132 valence electrons. The van der Waals surface area contributed by atoms with Crippen LogP contribution in [0.4, 0.5) is 11.4 Å². The molecule has 0 aliphatic heterocycles. The summed E-state index contributed by atoms with van der Waals surface area (Å²) in [4.78, 5) is 22.1. The molecule has 0 unspecified atom stereocenters. The summed E-state index contributed by atoms with van der Waals surface area (Å²) in [7, 11) is -3.56. The highest BCUT2D eigenvalue weighted by Crippen LogP contribution is 2.27. The number of nitrogens with zero attached hydrogens (tertiary/aromatic N) is 1. The Morgan fingerprint density at radius 3 is 2.44 bits per heavy atom. The van der Waals surface area contributed by atoms with E-state index in [2.05, 4.69) is 10.6 Å². The second-order valence-corrected chi connectivity index (χ2v) is 7.34. The first-order valence-electron chi connectivity index (χ1n) is 7.30. The highest BCUT2D eigenvalue weighted by molar-refractivity contribution is 7.90. The van der Waals surface area contributed by atoms with E-state index in [0.29, 0.717) is 6.54 Å². The van der Waals surface area contributed by atoms with Crippen LogP contribution in [0.1, 0.15) is 5.56 Å². The number of nitrogens with one attached hydrogen (secondary N) is 2. The Bertz CT molecular complexity index is 882. The van der Waals surface area contributed by atoms with Crippen molar-refractivity contribution in [3.63, 3.8) is 0 Å². The summed E-state index contributed by atoms with van der Waals surface area (Å²) in [5, 5.41) is 16.5. The van der Waals surface area contributed by atoms with Gasteiger partial charge in [-0.1, -0.05) is 30.3 Å². The van der Waals surface area contributed by atoms with E-state index in [0.717, 1.165) is 17.9 Å². The largest absolute Gasteiger partial charge is 0.371 e. The Hall–Kier alpha value is -2.94. The summed E-state index contributed by atoms with van der Waals surface area (Å²) in [5.41, 5.74) is 0.602. The Labute approximate surface area is 144 Å². The lowest BCUT2D eigenvalue weighted by atomic mass is 10.2. The summed E-state index contributed by atoms with van der Waals surface area (Å²) in [6, 6.07) is 12.8. The van der Waals surface area contributed by atoms with Crippen molar-refractivity contribution in [2.45, 2.75) is 11.4 Å². The molecule has 2 aromatic rings. The summed E-state index contributed by atoms with van der Waals surface area (Å²) in [6.45, 7) is 0.169. The molecule has 0 saturated heterocycles. The second kappa shape index (κ2) is 7.75. The van der Waals surface area contributed by atoms with E-state index in [4.69, 9.17) is 0 Å². The van der Waals surface area contributed by atoms with E-state index < -0.39 is 20.4 Å². The molecule has 0 aromatic heterocycles. The number of anilines is 1. The van der Waals surface area contributed by atoms with Gasteiger partial charge in [-0.2, -0.15) is 0 Å². The lowest BCUT2D eigenvalue weighted by Crippen LogP contribution is -2.29. The van der Waals surface area contributed by atoms with Crippen LogP contribution in [0.2, 0.25) is 0 Å². The smallest absolute Gasteiger partial charge is 0.293 e. The molecule has 0 spiro atoms.